The van der Waals surface area contributed by atoms with Crippen LogP contribution in [-0.4, -0.2) is 50.3 Å². The monoisotopic (exact) mass is 360 g/mol. The van der Waals surface area contributed by atoms with E-state index in [2.05, 4.69) is 0 Å². The molecule has 8 heteroatoms. The third kappa shape index (κ3) is 12.9. The quantitative estimate of drug-likeness (QED) is 0.383. The molecule has 8 nitrogen and oxygen atoms in total. The zero-order valence-electron chi connectivity index (χ0n) is 15.4. The molecule has 0 saturated heterocycles. The summed E-state index contributed by atoms with van der Waals surface area (Å²) < 4.78 is 20.1. The summed E-state index contributed by atoms with van der Waals surface area (Å²) in [5, 5.41) is 0. The van der Waals surface area contributed by atoms with Crippen molar-refractivity contribution in [3.05, 3.63) is 0 Å². The van der Waals surface area contributed by atoms with E-state index in [4.69, 9.17) is 18.9 Å². The molecule has 0 unspecified atom stereocenters. The van der Waals surface area contributed by atoms with E-state index in [1.165, 1.54) is 27.7 Å². The van der Waals surface area contributed by atoms with Crippen molar-refractivity contribution in [1.29, 1.82) is 0 Å². The molecule has 0 aromatic rings. The number of carbonyl (C=O) groups excluding carboxylic acids is 4. The zero-order chi connectivity index (χ0) is 19.3. The highest BCUT2D eigenvalue weighted by molar-refractivity contribution is 5.66. The summed E-state index contributed by atoms with van der Waals surface area (Å²) in [5.74, 6) is -1.58. The Morgan fingerprint density at radius 1 is 0.520 bits per heavy atom. The Kier molecular flexibility index (Phi) is 11.2. The van der Waals surface area contributed by atoms with Gasteiger partial charge in [-0.1, -0.05) is 0 Å². The molecular formula is C17H28O8. The Labute approximate surface area is 148 Å². The second kappa shape index (κ2) is 12.3. The van der Waals surface area contributed by atoms with Crippen LogP contribution < -0.4 is 0 Å². The summed E-state index contributed by atoms with van der Waals surface area (Å²) in [4.78, 5) is 44.0. The smallest absolute Gasteiger partial charge is 0.302 e. The van der Waals surface area contributed by atoms with Gasteiger partial charge in [0.25, 0.3) is 0 Å². The van der Waals surface area contributed by atoms with E-state index in [1.54, 1.807) is 0 Å². The maximum Gasteiger partial charge on any atom is 0.302 e. The van der Waals surface area contributed by atoms with Crippen molar-refractivity contribution in [2.24, 2.45) is 5.41 Å². The lowest BCUT2D eigenvalue weighted by Crippen LogP contribution is -2.30. The van der Waals surface area contributed by atoms with Crippen LogP contribution in [-0.2, 0) is 38.1 Å². The minimum atomic E-state index is -0.462. The molecule has 0 rings (SSSR count). The van der Waals surface area contributed by atoms with Gasteiger partial charge in [0.1, 0.15) is 0 Å². The van der Waals surface area contributed by atoms with Crippen molar-refractivity contribution in [2.75, 3.05) is 26.4 Å². The van der Waals surface area contributed by atoms with Gasteiger partial charge in [0.15, 0.2) is 0 Å². The molecule has 0 aliphatic carbocycles. The van der Waals surface area contributed by atoms with Crippen molar-refractivity contribution in [3.63, 3.8) is 0 Å². The van der Waals surface area contributed by atoms with Crippen molar-refractivity contribution in [1.82, 2.24) is 0 Å². The molecule has 0 aromatic heterocycles. The average Bonchev–Trinajstić information content (AvgIpc) is 2.45. The predicted molar refractivity (Wildman–Crippen MR) is 87.4 cm³/mol. The lowest BCUT2D eigenvalue weighted by molar-refractivity contribution is -0.143. The normalized spacial score (nSPS) is 10.7. The number of hydrogen-bond donors (Lipinski definition) is 0. The summed E-state index contributed by atoms with van der Waals surface area (Å²) in [6, 6.07) is 0. The highest BCUT2D eigenvalue weighted by atomic mass is 16.5. The molecule has 0 atom stereocenters. The van der Waals surface area contributed by atoms with Gasteiger partial charge in [0.2, 0.25) is 0 Å². The summed E-state index contributed by atoms with van der Waals surface area (Å²) in [7, 11) is 0. The van der Waals surface area contributed by atoms with E-state index < -0.39 is 29.3 Å². The van der Waals surface area contributed by atoms with Crippen LogP contribution in [0.3, 0.4) is 0 Å². The number of esters is 4. The van der Waals surface area contributed by atoms with Crippen LogP contribution >= 0.6 is 0 Å². The van der Waals surface area contributed by atoms with E-state index in [0.29, 0.717) is 25.7 Å². The topological polar surface area (TPSA) is 105 Å². The van der Waals surface area contributed by atoms with Gasteiger partial charge in [-0.15, -0.1) is 0 Å². The molecular weight excluding hydrogens is 332 g/mol. The molecule has 0 aliphatic rings. The Bertz CT molecular complexity index is 372. The molecule has 0 bridgehead atoms. The minimum absolute atomic E-state index is 0.176. The fraction of sp³-hybridized carbons (Fsp3) is 0.765. The molecule has 0 amide bonds. The highest BCUT2D eigenvalue weighted by Gasteiger charge is 2.31. The summed E-state index contributed by atoms with van der Waals surface area (Å²) in [6.07, 6.45) is 1.87. The summed E-state index contributed by atoms with van der Waals surface area (Å²) in [5.41, 5.74) is -0.462. The molecule has 0 aliphatic heterocycles. The maximum absolute atomic E-state index is 11.0. The van der Waals surface area contributed by atoms with Crippen LogP contribution in [0, 0.1) is 5.41 Å². The van der Waals surface area contributed by atoms with E-state index in [9.17, 15) is 19.2 Å². The van der Waals surface area contributed by atoms with Gasteiger partial charge in [-0.05, 0) is 31.1 Å². The molecule has 0 spiro atoms. The number of hydrogen-bond acceptors (Lipinski definition) is 8. The molecule has 0 fully saturated rings. The van der Waals surface area contributed by atoms with Crippen molar-refractivity contribution in [2.45, 2.75) is 53.4 Å². The number of carbonyl (C=O) groups is 4. The van der Waals surface area contributed by atoms with Crippen molar-refractivity contribution in [3.8, 4) is 0 Å². The third-order valence-electron chi connectivity index (χ3n) is 3.75. The lowest BCUT2D eigenvalue weighted by Gasteiger charge is -2.33. The van der Waals surface area contributed by atoms with Crippen LogP contribution in [0.4, 0.5) is 0 Å². The zero-order valence-corrected chi connectivity index (χ0v) is 15.4. The fourth-order valence-corrected chi connectivity index (χ4v) is 2.40. The first-order chi connectivity index (χ1) is 11.7. The largest absolute Gasteiger partial charge is 0.466 e. The first kappa shape index (κ1) is 22.9. The Morgan fingerprint density at radius 2 is 0.720 bits per heavy atom. The van der Waals surface area contributed by atoms with Crippen LogP contribution in [0.15, 0.2) is 0 Å². The van der Waals surface area contributed by atoms with Crippen LogP contribution in [0.25, 0.3) is 0 Å². The highest BCUT2D eigenvalue weighted by Crippen LogP contribution is 2.35. The third-order valence-corrected chi connectivity index (χ3v) is 3.75. The fourth-order valence-electron chi connectivity index (χ4n) is 2.40. The van der Waals surface area contributed by atoms with E-state index in [-0.39, 0.29) is 26.4 Å². The molecule has 0 saturated carbocycles. The average molecular weight is 360 g/mol. The molecule has 0 radical (unpaired) electrons. The van der Waals surface area contributed by atoms with E-state index >= 15 is 0 Å². The van der Waals surface area contributed by atoms with Crippen LogP contribution in [0.5, 0.6) is 0 Å². The van der Waals surface area contributed by atoms with Crippen molar-refractivity contribution >= 4 is 23.9 Å². The van der Waals surface area contributed by atoms with Gasteiger partial charge in [-0.3, -0.25) is 19.2 Å². The second-order valence-electron chi connectivity index (χ2n) is 5.86. The predicted octanol–water partition coefficient (Wildman–Crippen LogP) is 1.79. The molecule has 144 valence electrons. The number of rotatable bonds is 12. The van der Waals surface area contributed by atoms with E-state index in [1.807, 2.05) is 0 Å². The first-order valence-corrected chi connectivity index (χ1v) is 8.20. The van der Waals surface area contributed by atoms with Gasteiger partial charge in [-0.25, -0.2) is 0 Å². The first-order valence-electron chi connectivity index (χ1n) is 8.20. The van der Waals surface area contributed by atoms with Crippen LogP contribution in [0.2, 0.25) is 0 Å². The molecule has 25 heavy (non-hydrogen) atoms. The molecule has 0 heterocycles. The Hall–Kier alpha value is -2.12. The van der Waals surface area contributed by atoms with E-state index in [0.717, 1.165) is 0 Å². The Balaban J connectivity index is 4.96. The lowest BCUT2D eigenvalue weighted by atomic mass is 9.76. The van der Waals surface area contributed by atoms with Crippen molar-refractivity contribution < 1.29 is 38.1 Å². The van der Waals surface area contributed by atoms with Gasteiger partial charge >= 0.3 is 23.9 Å². The molecule has 0 aromatic carbocycles. The summed E-state index contributed by atoms with van der Waals surface area (Å²) >= 11 is 0. The van der Waals surface area contributed by atoms with Gasteiger partial charge in [0.05, 0.1) is 26.4 Å². The van der Waals surface area contributed by atoms with Crippen LogP contribution in [0.1, 0.15) is 53.4 Å². The molecule has 0 N–H and O–H groups in total. The van der Waals surface area contributed by atoms with Gasteiger partial charge in [0, 0.05) is 27.7 Å². The SMILES string of the molecule is CC(=O)OCCC(CCOC(C)=O)(CCOC(C)=O)CCOC(C)=O. The number of ether oxygens (including phenoxy) is 4. The Morgan fingerprint density at radius 3 is 0.880 bits per heavy atom. The van der Waals surface area contributed by atoms with Gasteiger partial charge in [-0.2, -0.15) is 0 Å². The minimum Gasteiger partial charge on any atom is -0.466 e. The summed E-state index contributed by atoms with van der Waals surface area (Å²) in [6.45, 7) is 5.98. The van der Waals surface area contributed by atoms with Gasteiger partial charge < -0.3 is 18.9 Å². The standard InChI is InChI=1S/C17H28O8/c1-13(18)22-9-5-17(6-10-23-14(2)19,7-11-24-15(3)20)8-12-25-16(4)21/h5-12H2,1-4H3. The maximum atomic E-state index is 11.0. The second-order valence-corrected chi connectivity index (χ2v) is 5.86.